The lowest BCUT2D eigenvalue weighted by molar-refractivity contribution is -0.205. The Labute approximate surface area is 319 Å². The Balaban J connectivity index is 1.32. The maximum Gasteiger partial charge on any atom is 0.429 e. The molecule has 3 amide bonds. The molecule has 3 N–H and O–H groups in total. The van der Waals surface area contributed by atoms with Crippen LogP contribution in [-0.4, -0.2) is 31.2 Å². The molecule has 0 spiro atoms. The summed E-state index contributed by atoms with van der Waals surface area (Å²) < 4.78 is 122. The van der Waals surface area contributed by atoms with E-state index in [4.69, 9.17) is 9.47 Å². The zero-order valence-electron chi connectivity index (χ0n) is 29.7. The molecule has 0 fully saturated rings. The zero-order chi connectivity index (χ0) is 41.1. The van der Waals surface area contributed by atoms with Gasteiger partial charge in [0.25, 0.3) is 11.8 Å². The largest absolute Gasteiger partial charge is 0.496 e. The van der Waals surface area contributed by atoms with Gasteiger partial charge in [0.05, 0.1) is 29.5 Å². The van der Waals surface area contributed by atoms with Crippen LogP contribution in [0.1, 0.15) is 61.9 Å². The molecule has 8 nitrogen and oxygen atoms in total. The van der Waals surface area contributed by atoms with Crippen molar-refractivity contribution in [2.24, 2.45) is 0 Å². The number of ether oxygens (including phenoxy) is 2. The molecule has 1 unspecified atom stereocenters. The average Bonchev–Trinajstić information content (AvgIpc) is 3.17. The lowest BCUT2D eigenvalue weighted by atomic mass is 9.89. The molecule has 0 aromatic heterocycles. The van der Waals surface area contributed by atoms with E-state index >= 15 is 4.39 Å². The van der Waals surface area contributed by atoms with Crippen molar-refractivity contribution in [2.75, 3.05) is 23.1 Å². The van der Waals surface area contributed by atoms with Gasteiger partial charge in [-0.3, -0.25) is 14.9 Å². The Kier molecular flexibility index (Phi) is 11.5. The molecule has 1 aliphatic carbocycles. The number of para-hydroxylation sites is 1. The molecule has 0 saturated heterocycles. The van der Waals surface area contributed by atoms with Gasteiger partial charge in [-0.2, -0.15) is 26.3 Å². The van der Waals surface area contributed by atoms with E-state index in [9.17, 15) is 45.1 Å². The van der Waals surface area contributed by atoms with E-state index in [1.807, 2.05) is 0 Å². The number of benzene rings is 5. The van der Waals surface area contributed by atoms with Gasteiger partial charge in [-0.25, -0.2) is 13.6 Å². The van der Waals surface area contributed by atoms with Crippen molar-refractivity contribution in [1.29, 1.82) is 0 Å². The summed E-state index contributed by atoms with van der Waals surface area (Å²) >= 11 is 0. The van der Waals surface area contributed by atoms with E-state index in [1.54, 1.807) is 24.3 Å². The van der Waals surface area contributed by atoms with Crippen LogP contribution < -0.4 is 20.7 Å². The number of carbonyl (C=O) groups is 3. The van der Waals surface area contributed by atoms with E-state index in [0.717, 1.165) is 54.3 Å². The minimum absolute atomic E-state index is 0.0446. The van der Waals surface area contributed by atoms with Gasteiger partial charge in [-0.05, 0) is 109 Å². The summed E-state index contributed by atoms with van der Waals surface area (Å²) in [6.45, 7) is 0. The van der Waals surface area contributed by atoms with Crippen molar-refractivity contribution in [3.05, 3.63) is 142 Å². The first kappa shape index (κ1) is 40.2. The van der Waals surface area contributed by atoms with E-state index in [0.29, 0.717) is 25.0 Å². The predicted octanol–water partition coefficient (Wildman–Crippen LogP) is 10.9. The van der Waals surface area contributed by atoms with Crippen molar-refractivity contribution in [2.45, 2.75) is 44.1 Å². The van der Waals surface area contributed by atoms with Crippen LogP contribution in [0.5, 0.6) is 5.75 Å². The summed E-state index contributed by atoms with van der Waals surface area (Å²) in [5.41, 5.74) is -1.72. The summed E-state index contributed by atoms with van der Waals surface area (Å²) in [6, 6.07) is 18.7. The first-order valence-corrected chi connectivity index (χ1v) is 17.2. The number of fused-ring (bicyclic) bond motifs is 1. The van der Waals surface area contributed by atoms with Crippen LogP contribution in [-0.2, 0) is 23.8 Å². The third-order valence-electron chi connectivity index (χ3n) is 9.10. The van der Waals surface area contributed by atoms with Gasteiger partial charge in [-0.15, -0.1) is 0 Å². The van der Waals surface area contributed by atoms with Gasteiger partial charge in [0.2, 0.25) is 6.10 Å². The highest BCUT2D eigenvalue weighted by atomic mass is 19.4. The molecule has 57 heavy (non-hydrogen) atoms. The molecule has 5 aromatic rings. The number of aryl methyl sites for hydroxylation is 2. The average molecular weight is 798 g/mol. The van der Waals surface area contributed by atoms with Crippen LogP contribution in [0.25, 0.3) is 11.1 Å². The standard InChI is InChI=1S/C41H31F8N3O5/c1-56-35-16-12-24(28-19-25(11-14-32(28)42)36(41(47,48)49)57-39(55)51-26-9-3-2-4-10-26)18-30(35)38(54)52-34-20-23-8-6-5-7-22(23)17-29(34)37(53)50-27-13-15-33(43)31(21-27)40(44,45)46/h2-4,9-21,36H,5-8H2,1H3,(H,50,53)(H,51,55)(H,52,54). The first-order chi connectivity index (χ1) is 27.0. The lowest BCUT2D eigenvalue weighted by Gasteiger charge is -2.22. The molecule has 0 aliphatic heterocycles. The highest BCUT2D eigenvalue weighted by molar-refractivity contribution is 6.13. The van der Waals surface area contributed by atoms with Crippen LogP contribution in [0.15, 0.2) is 97.1 Å². The van der Waals surface area contributed by atoms with E-state index in [1.165, 1.54) is 37.4 Å². The van der Waals surface area contributed by atoms with Gasteiger partial charge >= 0.3 is 18.4 Å². The highest BCUT2D eigenvalue weighted by Gasteiger charge is 2.44. The topological polar surface area (TPSA) is 106 Å². The number of methoxy groups -OCH3 is 1. The fourth-order valence-corrected chi connectivity index (χ4v) is 6.37. The Morgan fingerprint density at radius 2 is 1.33 bits per heavy atom. The molecule has 0 radical (unpaired) electrons. The number of nitrogens with one attached hydrogen (secondary N) is 3. The Morgan fingerprint density at radius 1 is 0.667 bits per heavy atom. The number of rotatable bonds is 9. The monoisotopic (exact) mass is 797 g/mol. The van der Waals surface area contributed by atoms with Crippen LogP contribution in [0.3, 0.4) is 0 Å². The molecule has 6 rings (SSSR count). The van der Waals surface area contributed by atoms with Gasteiger partial charge in [0, 0.05) is 22.5 Å². The van der Waals surface area contributed by atoms with Crippen molar-refractivity contribution in [1.82, 2.24) is 0 Å². The number of hydrogen-bond donors (Lipinski definition) is 3. The molecular weight excluding hydrogens is 766 g/mol. The highest BCUT2D eigenvalue weighted by Crippen LogP contribution is 2.40. The Bertz CT molecular complexity index is 2330. The number of hydrogen-bond acceptors (Lipinski definition) is 5. The summed E-state index contributed by atoms with van der Waals surface area (Å²) in [5, 5.41) is 7.15. The minimum Gasteiger partial charge on any atom is -0.496 e. The maximum atomic E-state index is 15.4. The van der Waals surface area contributed by atoms with E-state index in [2.05, 4.69) is 16.0 Å². The smallest absolute Gasteiger partial charge is 0.429 e. The molecule has 0 heterocycles. The second-order valence-electron chi connectivity index (χ2n) is 12.9. The molecule has 5 aromatic carbocycles. The van der Waals surface area contributed by atoms with Crippen molar-refractivity contribution < 1.29 is 59.0 Å². The lowest BCUT2D eigenvalue weighted by Crippen LogP contribution is -2.28. The summed E-state index contributed by atoms with van der Waals surface area (Å²) in [7, 11) is 1.23. The molecule has 1 atom stereocenters. The molecular formula is C41H31F8N3O5. The number of anilines is 3. The summed E-state index contributed by atoms with van der Waals surface area (Å²) in [4.78, 5) is 40.0. The molecule has 0 bridgehead atoms. The first-order valence-electron chi connectivity index (χ1n) is 17.2. The normalized spacial score (nSPS) is 13.2. The van der Waals surface area contributed by atoms with Gasteiger partial charge < -0.3 is 20.1 Å². The Hall–Kier alpha value is -6.45. The number of amides is 3. The fraction of sp³-hybridized carbons (Fsp3) is 0.195. The minimum atomic E-state index is -5.12. The zero-order valence-corrected chi connectivity index (χ0v) is 29.7. The fourth-order valence-electron chi connectivity index (χ4n) is 6.37. The van der Waals surface area contributed by atoms with Crippen LogP contribution >= 0.6 is 0 Å². The third-order valence-corrected chi connectivity index (χ3v) is 9.10. The van der Waals surface area contributed by atoms with E-state index in [-0.39, 0.29) is 39.5 Å². The number of carbonyl (C=O) groups excluding carboxylic acids is 3. The second kappa shape index (κ2) is 16.3. The Morgan fingerprint density at radius 3 is 2.00 bits per heavy atom. The van der Waals surface area contributed by atoms with Crippen LogP contribution in [0.2, 0.25) is 0 Å². The van der Waals surface area contributed by atoms with Gasteiger partial charge in [0.15, 0.2) is 0 Å². The number of halogens is 8. The van der Waals surface area contributed by atoms with Crippen LogP contribution in [0, 0.1) is 11.6 Å². The third kappa shape index (κ3) is 9.34. The van der Waals surface area contributed by atoms with Gasteiger partial charge in [0.1, 0.15) is 17.4 Å². The van der Waals surface area contributed by atoms with Crippen molar-refractivity contribution >= 4 is 35.0 Å². The molecule has 0 saturated carbocycles. The second-order valence-corrected chi connectivity index (χ2v) is 12.9. The molecule has 1 aliphatic rings. The predicted molar refractivity (Wildman–Crippen MR) is 194 cm³/mol. The van der Waals surface area contributed by atoms with Crippen LogP contribution in [0.4, 0.5) is 57.0 Å². The quantitative estimate of drug-likeness (QED) is 0.129. The summed E-state index contributed by atoms with van der Waals surface area (Å²) in [6.07, 6.45) is -11.6. The maximum absolute atomic E-state index is 15.4. The van der Waals surface area contributed by atoms with Crippen molar-refractivity contribution in [3.63, 3.8) is 0 Å². The van der Waals surface area contributed by atoms with Crippen molar-refractivity contribution in [3.8, 4) is 16.9 Å². The molecule has 16 heteroatoms. The van der Waals surface area contributed by atoms with E-state index < -0.39 is 64.7 Å². The molecule has 296 valence electrons. The van der Waals surface area contributed by atoms with Gasteiger partial charge in [-0.1, -0.05) is 30.3 Å². The number of alkyl halides is 6. The summed E-state index contributed by atoms with van der Waals surface area (Å²) in [5.74, 6) is -4.38. The SMILES string of the molecule is COc1ccc(-c2cc(C(OC(=O)Nc3ccccc3)C(F)(F)F)ccc2F)cc1C(=O)Nc1cc2c(cc1C(=O)Nc1ccc(F)c(C(F)(F)F)c1)CCCC2.